The summed E-state index contributed by atoms with van der Waals surface area (Å²) >= 11 is 0. The Balaban J connectivity index is 2.17. The molecule has 0 radical (unpaired) electrons. The maximum absolute atomic E-state index is 5.88. The number of aromatic nitrogens is 1. The number of rotatable bonds is 4. The van der Waals surface area contributed by atoms with E-state index in [0.29, 0.717) is 0 Å². The van der Waals surface area contributed by atoms with Crippen LogP contribution in [-0.4, -0.2) is 12.0 Å². The minimum Gasteiger partial charge on any atom is -0.355 e. The smallest absolute Gasteiger partial charge is 0.131 e. The monoisotopic (exact) mass is 255 g/mol. The van der Waals surface area contributed by atoms with Gasteiger partial charge < -0.3 is 10.6 Å². The van der Waals surface area contributed by atoms with Gasteiger partial charge in [-0.05, 0) is 36.6 Å². The van der Waals surface area contributed by atoms with E-state index in [9.17, 15) is 0 Å². The van der Waals surface area contributed by atoms with Crippen molar-refractivity contribution in [2.45, 2.75) is 26.4 Å². The van der Waals surface area contributed by atoms with Gasteiger partial charge in [0.25, 0.3) is 0 Å². The van der Waals surface area contributed by atoms with Crippen molar-refractivity contribution in [2.75, 3.05) is 11.9 Å². The molecular weight excluding hydrogens is 234 g/mol. The van der Waals surface area contributed by atoms with Crippen LogP contribution in [0, 0.1) is 6.92 Å². The second kappa shape index (κ2) is 5.85. The lowest BCUT2D eigenvalue weighted by molar-refractivity contribution is 0.804. The molecule has 0 fully saturated rings. The number of pyridine rings is 1. The average Bonchev–Trinajstić information content (AvgIpc) is 2.39. The van der Waals surface area contributed by atoms with Gasteiger partial charge in [-0.3, -0.25) is 0 Å². The van der Waals surface area contributed by atoms with Gasteiger partial charge >= 0.3 is 0 Å². The molecule has 0 amide bonds. The lowest BCUT2D eigenvalue weighted by Crippen LogP contribution is -2.19. The van der Waals surface area contributed by atoms with E-state index in [0.717, 1.165) is 23.5 Å². The molecule has 100 valence electrons. The van der Waals surface area contributed by atoms with Crippen molar-refractivity contribution >= 4 is 5.82 Å². The Morgan fingerprint density at radius 1 is 1.26 bits per heavy atom. The first-order valence-corrected chi connectivity index (χ1v) is 6.55. The molecule has 0 aliphatic heterocycles. The highest BCUT2D eigenvalue weighted by Gasteiger charge is 2.09. The van der Waals surface area contributed by atoms with Crippen LogP contribution in [0.1, 0.15) is 29.7 Å². The molecule has 1 aromatic heterocycles. The average molecular weight is 255 g/mol. The van der Waals surface area contributed by atoms with E-state index in [4.69, 9.17) is 5.73 Å². The van der Waals surface area contributed by atoms with Gasteiger partial charge in [-0.15, -0.1) is 0 Å². The third-order valence-electron chi connectivity index (χ3n) is 3.22. The zero-order valence-corrected chi connectivity index (χ0v) is 11.8. The lowest BCUT2D eigenvalue weighted by atomic mass is 10.1. The van der Waals surface area contributed by atoms with Crippen molar-refractivity contribution in [3.05, 3.63) is 59.3 Å². The minimum absolute atomic E-state index is 0.0275. The number of hydrogen-bond acceptors (Lipinski definition) is 3. The van der Waals surface area contributed by atoms with Crippen LogP contribution in [0.3, 0.4) is 0 Å². The van der Waals surface area contributed by atoms with Crippen molar-refractivity contribution in [3.63, 3.8) is 0 Å². The molecule has 0 aliphatic carbocycles. The van der Waals surface area contributed by atoms with Gasteiger partial charge in [0.05, 0.1) is 0 Å². The topological polar surface area (TPSA) is 42.1 Å². The Morgan fingerprint density at radius 3 is 2.53 bits per heavy atom. The maximum Gasteiger partial charge on any atom is 0.131 e. The van der Waals surface area contributed by atoms with Crippen LogP contribution in [0.2, 0.25) is 0 Å². The molecule has 0 bridgehead atoms. The third kappa shape index (κ3) is 3.32. The van der Waals surface area contributed by atoms with Crippen LogP contribution >= 0.6 is 0 Å². The number of hydrogen-bond donors (Lipinski definition) is 1. The lowest BCUT2D eigenvalue weighted by Gasteiger charge is -2.21. The fourth-order valence-corrected chi connectivity index (χ4v) is 2.17. The number of nitrogens with zero attached hydrogens (tertiary/aromatic N) is 2. The Morgan fingerprint density at radius 2 is 1.95 bits per heavy atom. The zero-order chi connectivity index (χ0) is 13.8. The van der Waals surface area contributed by atoms with E-state index in [1.807, 2.05) is 19.2 Å². The van der Waals surface area contributed by atoms with Crippen LogP contribution in [0.5, 0.6) is 0 Å². The highest BCUT2D eigenvalue weighted by Crippen LogP contribution is 2.20. The van der Waals surface area contributed by atoms with Gasteiger partial charge in [0.15, 0.2) is 0 Å². The van der Waals surface area contributed by atoms with Crippen molar-refractivity contribution in [3.8, 4) is 0 Å². The molecule has 0 aliphatic rings. The number of benzene rings is 1. The predicted molar refractivity (Wildman–Crippen MR) is 80.1 cm³/mol. The summed E-state index contributed by atoms with van der Waals surface area (Å²) in [6.45, 7) is 4.91. The zero-order valence-electron chi connectivity index (χ0n) is 11.8. The summed E-state index contributed by atoms with van der Waals surface area (Å²) in [6, 6.07) is 12.5. The van der Waals surface area contributed by atoms with Gasteiger partial charge in [-0.2, -0.15) is 0 Å². The molecule has 1 atom stereocenters. The number of aryl methyl sites for hydroxylation is 1. The molecule has 1 aromatic carbocycles. The summed E-state index contributed by atoms with van der Waals surface area (Å²) in [4.78, 5) is 6.70. The first-order chi connectivity index (χ1) is 9.08. The number of nitrogens with two attached hydrogens (primary N) is 1. The predicted octanol–water partition coefficient (Wildman–Crippen LogP) is 3.05. The summed E-state index contributed by atoms with van der Waals surface area (Å²) < 4.78 is 0. The van der Waals surface area contributed by atoms with Crippen LogP contribution < -0.4 is 10.6 Å². The molecule has 0 spiro atoms. The minimum atomic E-state index is 0.0275. The molecule has 1 heterocycles. The molecule has 2 N–H and O–H groups in total. The SMILES string of the molecule is Cc1cc([C@H](C)N)cnc1N(C)Cc1ccccc1. The molecule has 2 rings (SSSR count). The van der Waals surface area contributed by atoms with E-state index in [2.05, 4.69) is 54.2 Å². The highest BCUT2D eigenvalue weighted by atomic mass is 15.2. The summed E-state index contributed by atoms with van der Waals surface area (Å²) in [6.07, 6.45) is 1.87. The van der Waals surface area contributed by atoms with Gasteiger partial charge in [0.2, 0.25) is 0 Å². The second-order valence-electron chi connectivity index (χ2n) is 5.04. The van der Waals surface area contributed by atoms with Crippen molar-refractivity contribution in [1.82, 2.24) is 4.98 Å². The summed E-state index contributed by atoms with van der Waals surface area (Å²) in [5, 5.41) is 0. The van der Waals surface area contributed by atoms with Crippen molar-refractivity contribution in [1.29, 1.82) is 0 Å². The quantitative estimate of drug-likeness (QED) is 0.913. The maximum atomic E-state index is 5.88. The molecule has 0 saturated heterocycles. The first-order valence-electron chi connectivity index (χ1n) is 6.55. The van der Waals surface area contributed by atoms with Gasteiger partial charge in [-0.25, -0.2) is 4.98 Å². The van der Waals surface area contributed by atoms with Crippen LogP contribution in [-0.2, 0) is 6.54 Å². The largest absolute Gasteiger partial charge is 0.355 e. The molecule has 19 heavy (non-hydrogen) atoms. The molecule has 2 aromatic rings. The van der Waals surface area contributed by atoms with Gasteiger partial charge in [0.1, 0.15) is 5.82 Å². The second-order valence-corrected chi connectivity index (χ2v) is 5.04. The van der Waals surface area contributed by atoms with E-state index in [-0.39, 0.29) is 6.04 Å². The fourth-order valence-electron chi connectivity index (χ4n) is 2.17. The summed E-state index contributed by atoms with van der Waals surface area (Å²) in [5.41, 5.74) is 9.40. The standard InChI is InChI=1S/C16H21N3/c1-12-9-15(13(2)17)10-18-16(12)19(3)11-14-7-5-4-6-8-14/h4-10,13H,11,17H2,1-3H3/t13-/m0/s1. The first kappa shape index (κ1) is 13.6. The Kier molecular flexibility index (Phi) is 4.17. The third-order valence-corrected chi connectivity index (χ3v) is 3.22. The molecule has 3 heteroatoms. The Hall–Kier alpha value is -1.87. The van der Waals surface area contributed by atoms with E-state index in [1.165, 1.54) is 5.56 Å². The van der Waals surface area contributed by atoms with Crippen molar-refractivity contribution < 1.29 is 0 Å². The van der Waals surface area contributed by atoms with Crippen molar-refractivity contribution in [2.24, 2.45) is 5.73 Å². The molecule has 0 unspecified atom stereocenters. The molecule has 3 nitrogen and oxygen atoms in total. The normalized spacial score (nSPS) is 12.2. The van der Waals surface area contributed by atoms with Crippen LogP contribution in [0.25, 0.3) is 0 Å². The summed E-state index contributed by atoms with van der Waals surface area (Å²) in [5.74, 6) is 1.01. The number of anilines is 1. The van der Waals surface area contributed by atoms with Gasteiger partial charge in [0, 0.05) is 25.8 Å². The van der Waals surface area contributed by atoms with E-state index >= 15 is 0 Å². The highest BCUT2D eigenvalue weighted by molar-refractivity contribution is 5.47. The van der Waals surface area contributed by atoms with E-state index in [1.54, 1.807) is 0 Å². The van der Waals surface area contributed by atoms with E-state index < -0.39 is 0 Å². The van der Waals surface area contributed by atoms with Crippen LogP contribution in [0.15, 0.2) is 42.6 Å². The van der Waals surface area contributed by atoms with Crippen LogP contribution in [0.4, 0.5) is 5.82 Å². The Bertz CT molecular complexity index is 535. The molecular formula is C16H21N3. The fraction of sp³-hybridized carbons (Fsp3) is 0.312. The molecule has 0 saturated carbocycles. The van der Waals surface area contributed by atoms with Gasteiger partial charge in [-0.1, -0.05) is 30.3 Å². The Labute approximate surface area is 115 Å². The summed E-state index contributed by atoms with van der Waals surface area (Å²) in [7, 11) is 2.06.